The van der Waals surface area contributed by atoms with Crippen molar-refractivity contribution in [2.75, 3.05) is 38.5 Å². The van der Waals surface area contributed by atoms with Crippen molar-refractivity contribution >= 4 is 85.3 Å². The summed E-state index contributed by atoms with van der Waals surface area (Å²) in [5.41, 5.74) is 1.13. The zero-order valence-corrected chi connectivity index (χ0v) is 33.8. The number of hydrogen-bond donors (Lipinski definition) is 5. The quantitative estimate of drug-likeness (QED) is 0.105. The number of fused-ring (bicyclic) bond motifs is 3. The van der Waals surface area contributed by atoms with Crippen molar-refractivity contribution in [2.45, 2.75) is 6.18 Å². The lowest BCUT2D eigenvalue weighted by atomic mass is 10.1. The number of benzene rings is 3. The number of pyridine rings is 3. The van der Waals surface area contributed by atoms with Crippen molar-refractivity contribution in [1.29, 1.82) is 0 Å². The predicted molar refractivity (Wildman–Crippen MR) is 239 cm³/mol. The number of carbonyl (C=O) groups is 3. The molecule has 0 saturated heterocycles. The van der Waals surface area contributed by atoms with Gasteiger partial charge in [0.1, 0.15) is 5.82 Å². The molecule has 9 rings (SSSR count). The molecule has 65 heavy (non-hydrogen) atoms. The molecule has 5 N–H and O–H groups in total. The van der Waals surface area contributed by atoms with Crippen LogP contribution in [0.3, 0.4) is 0 Å². The highest BCUT2D eigenvalue weighted by Gasteiger charge is 2.31. The molecule has 0 unspecified atom stereocenters. The van der Waals surface area contributed by atoms with E-state index >= 15 is 0 Å². The number of halogens is 3. The topological polar surface area (TPSA) is 231 Å². The first-order valence-electron chi connectivity index (χ1n) is 19.1. The molecular weight excluding hydrogens is 844 g/mol. The lowest BCUT2D eigenvalue weighted by Crippen LogP contribution is -2.31. The molecule has 0 spiro atoms. The molecule has 6 amide bonds. The highest BCUT2D eigenvalue weighted by Crippen LogP contribution is 2.33. The third-order valence-corrected chi connectivity index (χ3v) is 8.90. The number of amides is 6. The molecule has 0 bridgehead atoms. The van der Waals surface area contributed by atoms with E-state index < -0.39 is 23.8 Å². The molecule has 6 aromatic heterocycles. The Morgan fingerprint density at radius 3 is 1.88 bits per heavy atom. The number of nitrogens with zero attached hydrogens (tertiary/aromatic N) is 10. The molecule has 0 aliphatic rings. The average Bonchev–Trinajstić information content (AvgIpc) is 3.32. The number of urea groups is 3. The number of carbonyl (C=O) groups excluding carboxylic acids is 3. The second-order valence-electron chi connectivity index (χ2n) is 13.2. The largest absolute Gasteiger partial charge is 0.416 e. The Hall–Kier alpha value is -9.27. The van der Waals surface area contributed by atoms with Crippen LogP contribution in [0.25, 0.3) is 32.6 Å². The van der Waals surface area contributed by atoms with Gasteiger partial charge in [-0.05, 0) is 47.9 Å². The van der Waals surface area contributed by atoms with Crippen molar-refractivity contribution in [2.24, 2.45) is 0 Å². The number of aromatic nitrogens is 9. The molecule has 324 valence electrons. The number of para-hydroxylation sites is 1. The Morgan fingerprint density at radius 2 is 1.18 bits per heavy atom. The molecule has 0 fully saturated rings. The summed E-state index contributed by atoms with van der Waals surface area (Å²) in [6.07, 6.45) is 13.6. The molecule has 18 nitrogen and oxygen atoms in total. The first-order valence-corrected chi connectivity index (χ1v) is 19.1. The van der Waals surface area contributed by atoms with Gasteiger partial charge < -0.3 is 10.6 Å². The van der Waals surface area contributed by atoms with Crippen molar-refractivity contribution in [1.82, 2.24) is 44.9 Å². The van der Waals surface area contributed by atoms with Crippen LogP contribution in [0.5, 0.6) is 0 Å². The van der Waals surface area contributed by atoms with E-state index in [4.69, 9.17) is 0 Å². The number of rotatable bonds is 6. The zero-order valence-electron chi connectivity index (χ0n) is 33.8. The summed E-state index contributed by atoms with van der Waals surface area (Å²) in [4.78, 5) is 73.4. The maximum absolute atomic E-state index is 12.9. The maximum Gasteiger partial charge on any atom is 0.416 e. The average molecular weight is 878 g/mol. The lowest BCUT2D eigenvalue weighted by Gasteiger charge is -2.17. The fourth-order valence-corrected chi connectivity index (χ4v) is 5.88. The standard InChI is InChI=1S/C16H12F3N5O.2C14H11N5O/c1-24(14-9-20-6-7-22-14)15(25)23-13-4-5-21-12-3-2-10(8-11(12)13)16(17,18)19;20-14(19-12-9-15-7-8-16-12)18-11-5-1-3-10-4-2-6-17-13(10)11;20-14(18-12-9-15-7-8-16-12)19-13-11-4-2-1-3-10(11)5-6-17-13/h2-9H,1H3,(H,21,23,25);1-9H,(H2,16,18,19,20);1-9H,(H2,16,17,18,19,20). The lowest BCUT2D eigenvalue weighted by molar-refractivity contribution is -0.137. The van der Waals surface area contributed by atoms with Crippen LogP contribution in [0.4, 0.5) is 62.2 Å². The minimum absolute atomic E-state index is 0.193. The molecule has 3 aromatic carbocycles. The molecule has 0 radical (unpaired) electrons. The summed E-state index contributed by atoms with van der Waals surface area (Å²) in [6.45, 7) is 0. The van der Waals surface area contributed by atoms with Gasteiger partial charge in [-0.15, -0.1) is 0 Å². The van der Waals surface area contributed by atoms with Gasteiger partial charge in [0.25, 0.3) is 0 Å². The smallest absolute Gasteiger partial charge is 0.307 e. The van der Waals surface area contributed by atoms with Crippen LogP contribution < -0.4 is 31.5 Å². The van der Waals surface area contributed by atoms with Gasteiger partial charge in [0.2, 0.25) is 0 Å². The van der Waals surface area contributed by atoms with Gasteiger partial charge in [0, 0.05) is 79.0 Å². The second-order valence-corrected chi connectivity index (χ2v) is 13.2. The van der Waals surface area contributed by atoms with Crippen LogP contribution in [0.2, 0.25) is 0 Å². The molecule has 6 heterocycles. The molecule has 9 aromatic rings. The van der Waals surface area contributed by atoms with Gasteiger partial charge in [0.05, 0.1) is 46.6 Å². The highest BCUT2D eigenvalue weighted by atomic mass is 19.4. The molecule has 0 atom stereocenters. The van der Waals surface area contributed by atoms with E-state index in [9.17, 15) is 27.6 Å². The van der Waals surface area contributed by atoms with E-state index in [1.54, 1.807) is 18.5 Å². The normalized spacial score (nSPS) is 10.6. The van der Waals surface area contributed by atoms with Crippen LogP contribution in [0, 0.1) is 0 Å². The molecule has 21 heteroatoms. The van der Waals surface area contributed by atoms with E-state index in [1.807, 2.05) is 54.6 Å². The summed E-state index contributed by atoms with van der Waals surface area (Å²) in [6, 6.07) is 22.2. The molecular formula is C44H34F3N15O3. The van der Waals surface area contributed by atoms with Crippen LogP contribution >= 0.6 is 0 Å². The van der Waals surface area contributed by atoms with E-state index in [2.05, 4.69) is 71.4 Å². The van der Waals surface area contributed by atoms with Gasteiger partial charge in [-0.2, -0.15) is 13.2 Å². The zero-order chi connectivity index (χ0) is 45.6. The van der Waals surface area contributed by atoms with Crippen LogP contribution in [0.15, 0.2) is 159 Å². The van der Waals surface area contributed by atoms with E-state index in [0.717, 1.165) is 33.8 Å². The van der Waals surface area contributed by atoms with Gasteiger partial charge in [0.15, 0.2) is 17.5 Å². The predicted octanol–water partition coefficient (Wildman–Crippen LogP) is 9.05. The third kappa shape index (κ3) is 11.8. The highest BCUT2D eigenvalue weighted by molar-refractivity contribution is 6.07. The maximum atomic E-state index is 12.9. The van der Waals surface area contributed by atoms with Gasteiger partial charge >= 0.3 is 24.3 Å². The Kier molecular flexibility index (Phi) is 13.8. The fourth-order valence-electron chi connectivity index (χ4n) is 5.88. The van der Waals surface area contributed by atoms with Crippen molar-refractivity contribution < 1.29 is 27.6 Å². The van der Waals surface area contributed by atoms with Crippen LogP contribution in [0.1, 0.15) is 5.56 Å². The summed E-state index contributed by atoms with van der Waals surface area (Å²) < 4.78 is 38.8. The van der Waals surface area contributed by atoms with Gasteiger partial charge in [-0.25, -0.2) is 34.3 Å². The van der Waals surface area contributed by atoms with Crippen LogP contribution in [-0.4, -0.2) is 70.0 Å². The van der Waals surface area contributed by atoms with Crippen molar-refractivity contribution in [3.05, 3.63) is 165 Å². The van der Waals surface area contributed by atoms with Gasteiger partial charge in [-0.1, -0.05) is 42.5 Å². The Balaban J connectivity index is 0.000000147. The number of hydrogen-bond acceptors (Lipinski definition) is 12. The molecule has 0 aliphatic carbocycles. The number of alkyl halides is 3. The fraction of sp³-hybridized carbons (Fsp3) is 0.0455. The molecule has 0 saturated carbocycles. The Bertz CT molecular complexity index is 2920. The minimum Gasteiger partial charge on any atom is -0.307 e. The first-order chi connectivity index (χ1) is 31.5. The summed E-state index contributed by atoms with van der Waals surface area (Å²) in [7, 11) is 1.48. The van der Waals surface area contributed by atoms with Crippen molar-refractivity contribution in [3.8, 4) is 0 Å². The Morgan fingerprint density at radius 1 is 0.523 bits per heavy atom. The van der Waals surface area contributed by atoms with Crippen LogP contribution in [-0.2, 0) is 6.18 Å². The number of anilines is 6. The first kappa shape index (κ1) is 43.8. The number of nitrogens with one attached hydrogen (secondary N) is 5. The summed E-state index contributed by atoms with van der Waals surface area (Å²) in [5.74, 6) is 1.57. The SMILES string of the molecule is CN(C(=O)Nc1ccnc2ccc(C(F)(F)F)cc12)c1cnccn1.O=C(Nc1cnccn1)Nc1cccc2cccnc12.O=C(Nc1cnccn1)Nc1nccc2ccccc12. The summed E-state index contributed by atoms with van der Waals surface area (Å²) >= 11 is 0. The van der Waals surface area contributed by atoms with Crippen molar-refractivity contribution in [3.63, 3.8) is 0 Å². The monoisotopic (exact) mass is 877 g/mol. The van der Waals surface area contributed by atoms with Gasteiger partial charge in [-0.3, -0.25) is 45.8 Å². The second kappa shape index (κ2) is 20.5. The van der Waals surface area contributed by atoms with E-state index in [-0.39, 0.29) is 17.1 Å². The third-order valence-electron chi connectivity index (χ3n) is 8.90. The minimum atomic E-state index is -4.48. The molecule has 0 aliphatic heterocycles. The van der Waals surface area contributed by atoms with E-state index in [0.29, 0.717) is 34.5 Å². The summed E-state index contributed by atoms with van der Waals surface area (Å²) in [5, 5.41) is 16.3. The Labute approximate surface area is 366 Å². The van der Waals surface area contributed by atoms with E-state index in [1.165, 1.54) is 86.0 Å².